The van der Waals surface area contributed by atoms with E-state index < -0.39 is 0 Å². The molecule has 7 heteroatoms. The summed E-state index contributed by atoms with van der Waals surface area (Å²) in [5, 5.41) is 9.25. The molecule has 1 aliphatic rings. The van der Waals surface area contributed by atoms with Crippen LogP contribution in [0.3, 0.4) is 0 Å². The summed E-state index contributed by atoms with van der Waals surface area (Å²) in [7, 11) is 0. The van der Waals surface area contributed by atoms with Gasteiger partial charge in [0.05, 0.1) is 19.2 Å². The molecule has 0 radical (unpaired) electrons. The summed E-state index contributed by atoms with van der Waals surface area (Å²) in [5.74, 6) is 1.12. The predicted octanol–water partition coefficient (Wildman–Crippen LogP) is 3.15. The Kier molecular flexibility index (Phi) is 8.54. The topological polar surface area (TPSA) is 74.8 Å². The highest BCUT2D eigenvalue weighted by Gasteiger charge is 2.22. The molecule has 28 heavy (non-hydrogen) atoms. The normalized spacial score (nSPS) is 15.3. The molecule has 1 atom stereocenters. The molecular weight excluding hydrogens is 359 g/mol. The molecular formula is C21H33FN4O2. The number of hydrogen-bond donors (Lipinski definition) is 3. The van der Waals surface area contributed by atoms with Crippen LogP contribution in [-0.4, -0.2) is 37.6 Å². The van der Waals surface area contributed by atoms with E-state index >= 15 is 0 Å². The molecule has 1 saturated carbocycles. The smallest absolute Gasteiger partial charge is 0.222 e. The highest BCUT2D eigenvalue weighted by molar-refractivity contribution is 5.81. The van der Waals surface area contributed by atoms with E-state index in [1.807, 2.05) is 33.8 Å². The molecule has 1 aliphatic carbocycles. The van der Waals surface area contributed by atoms with Gasteiger partial charge in [-0.25, -0.2) is 4.39 Å². The highest BCUT2D eigenvalue weighted by Crippen LogP contribution is 2.30. The van der Waals surface area contributed by atoms with Crippen LogP contribution in [0.4, 0.5) is 4.39 Å². The van der Waals surface area contributed by atoms with Crippen molar-refractivity contribution in [3.05, 3.63) is 29.6 Å². The zero-order valence-electron chi connectivity index (χ0n) is 17.3. The standard InChI is InChI=1S/C21H33FN4O2/c1-5-23-21(24-11-10-20(27)25-14(2)3)26-15(4)17-8-9-19(18(22)12-17)28-13-16-6-7-16/h8-9,12,14-16H,5-7,10-11,13H2,1-4H3,(H,25,27)(H2,23,24,26). The average molecular weight is 393 g/mol. The first-order valence-corrected chi connectivity index (χ1v) is 10.2. The lowest BCUT2D eigenvalue weighted by Gasteiger charge is -2.19. The average Bonchev–Trinajstić information content (AvgIpc) is 3.44. The van der Waals surface area contributed by atoms with E-state index in [4.69, 9.17) is 4.74 Å². The minimum absolute atomic E-state index is 0.0218. The van der Waals surface area contributed by atoms with Crippen LogP contribution in [0.5, 0.6) is 5.75 Å². The lowest BCUT2D eigenvalue weighted by atomic mass is 10.1. The van der Waals surface area contributed by atoms with E-state index in [9.17, 15) is 9.18 Å². The minimum atomic E-state index is -0.348. The first-order chi connectivity index (χ1) is 13.4. The van der Waals surface area contributed by atoms with Crippen LogP contribution >= 0.6 is 0 Å². The van der Waals surface area contributed by atoms with Crippen molar-refractivity contribution in [3.8, 4) is 5.75 Å². The number of benzene rings is 1. The second kappa shape index (κ2) is 10.9. The van der Waals surface area contributed by atoms with Crippen molar-refractivity contribution in [2.45, 2.75) is 59.0 Å². The van der Waals surface area contributed by atoms with Gasteiger partial charge in [0.15, 0.2) is 17.5 Å². The fourth-order valence-corrected chi connectivity index (χ4v) is 2.67. The maximum atomic E-state index is 14.3. The van der Waals surface area contributed by atoms with E-state index in [0.29, 0.717) is 43.7 Å². The van der Waals surface area contributed by atoms with Crippen LogP contribution < -0.4 is 20.7 Å². The SMILES string of the molecule is CCNC(=NCCC(=O)NC(C)C)NC(C)c1ccc(OCC2CC2)c(F)c1. The van der Waals surface area contributed by atoms with Crippen molar-refractivity contribution in [1.29, 1.82) is 0 Å². The zero-order valence-corrected chi connectivity index (χ0v) is 17.3. The van der Waals surface area contributed by atoms with Gasteiger partial charge in [0.25, 0.3) is 0 Å². The number of hydrogen-bond acceptors (Lipinski definition) is 3. The molecule has 1 aromatic rings. The summed E-state index contributed by atoms with van der Waals surface area (Å²) < 4.78 is 19.9. The lowest BCUT2D eigenvalue weighted by Crippen LogP contribution is -2.39. The molecule has 1 unspecified atom stereocenters. The predicted molar refractivity (Wildman–Crippen MR) is 110 cm³/mol. The van der Waals surface area contributed by atoms with E-state index in [1.165, 1.54) is 18.9 Å². The first-order valence-electron chi connectivity index (χ1n) is 10.2. The Morgan fingerprint density at radius 1 is 1.29 bits per heavy atom. The second-order valence-corrected chi connectivity index (χ2v) is 7.54. The van der Waals surface area contributed by atoms with Gasteiger partial charge < -0.3 is 20.7 Å². The Bertz CT molecular complexity index is 674. The summed E-state index contributed by atoms with van der Waals surface area (Å²) in [6.45, 7) is 9.43. The summed E-state index contributed by atoms with van der Waals surface area (Å²) in [6, 6.07) is 5.02. The molecule has 2 rings (SSSR count). The molecule has 6 nitrogen and oxygen atoms in total. The van der Waals surface area contributed by atoms with Gasteiger partial charge in [-0.3, -0.25) is 9.79 Å². The van der Waals surface area contributed by atoms with Crippen molar-refractivity contribution in [3.63, 3.8) is 0 Å². The van der Waals surface area contributed by atoms with Crippen LogP contribution in [0.15, 0.2) is 23.2 Å². The van der Waals surface area contributed by atoms with Crippen molar-refractivity contribution < 1.29 is 13.9 Å². The molecule has 0 aliphatic heterocycles. The first kappa shape index (κ1) is 22.0. The maximum absolute atomic E-state index is 14.3. The number of nitrogens with one attached hydrogen (secondary N) is 3. The van der Waals surface area contributed by atoms with Crippen molar-refractivity contribution >= 4 is 11.9 Å². The third kappa shape index (κ3) is 7.74. The third-order valence-electron chi connectivity index (χ3n) is 4.38. The van der Waals surface area contributed by atoms with Crippen LogP contribution in [0.1, 0.15) is 58.6 Å². The van der Waals surface area contributed by atoms with Gasteiger partial charge in [-0.1, -0.05) is 6.07 Å². The molecule has 0 bridgehead atoms. The number of nitrogens with zero attached hydrogens (tertiary/aromatic N) is 1. The Labute approximate surface area is 167 Å². The number of rotatable bonds is 10. The van der Waals surface area contributed by atoms with Gasteiger partial charge in [0.1, 0.15) is 0 Å². The minimum Gasteiger partial charge on any atom is -0.490 e. The lowest BCUT2D eigenvalue weighted by molar-refractivity contribution is -0.121. The van der Waals surface area contributed by atoms with Crippen LogP contribution in [-0.2, 0) is 4.79 Å². The quantitative estimate of drug-likeness (QED) is 0.422. The van der Waals surface area contributed by atoms with Crippen molar-refractivity contribution in [2.75, 3.05) is 19.7 Å². The number of carbonyl (C=O) groups is 1. The summed E-state index contributed by atoms with van der Waals surface area (Å²) >= 11 is 0. The van der Waals surface area contributed by atoms with Gasteiger partial charge in [-0.2, -0.15) is 0 Å². The zero-order chi connectivity index (χ0) is 20.5. The van der Waals surface area contributed by atoms with Gasteiger partial charge >= 0.3 is 0 Å². The van der Waals surface area contributed by atoms with Gasteiger partial charge in [-0.05, 0) is 64.2 Å². The molecule has 0 spiro atoms. The van der Waals surface area contributed by atoms with E-state index in [2.05, 4.69) is 20.9 Å². The molecule has 0 aromatic heterocycles. The summed E-state index contributed by atoms with van der Waals surface area (Å²) in [4.78, 5) is 16.2. The molecule has 1 amide bonds. The molecule has 1 aromatic carbocycles. The number of amides is 1. The highest BCUT2D eigenvalue weighted by atomic mass is 19.1. The number of aliphatic imine (C=N–C) groups is 1. The Hall–Kier alpha value is -2.31. The van der Waals surface area contributed by atoms with Gasteiger partial charge in [0.2, 0.25) is 5.91 Å². The maximum Gasteiger partial charge on any atom is 0.222 e. The molecule has 156 valence electrons. The second-order valence-electron chi connectivity index (χ2n) is 7.54. The van der Waals surface area contributed by atoms with E-state index in [0.717, 1.165) is 5.56 Å². The molecule has 0 heterocycles. The number of halogens is 1. The van der Waals surface area contributed by atoms with E-state index in [1.54, 1.807) is 6.07 Å². The summed E-state index contributed by atoms with van der Waals surface area (Å²) in [6.07, 6.45) is 2.67. The van der Waals surface area contributed by atoms with Crippen LogP contribution in [0, 0.1) is 11.7 Å². The van der Waals surface area contributed by atoms with Gasteiger partial charge in [0, 0.05) is 19.0 Å². The van der Waals surface area contributed by atoms with Crippen LogP contribution in [0.2, 0.25) is 0 Å². The molecule has 3 N–H and O–H groups in total. The Morgan fingerprint density at radius 3 is 2.64 bits per heavy atom. The molecule has 1 fully saturated rings. The fourth-order valence-electron chi connectivity index (χ4n) is 2.67. The third-order valence-corrected chi connectivity index (χ3v) is 4.38. The number of carbonyl (C=O) groups excluding carboxylic acids is 1. The van der Waals surface area contributed by atoms with E-state index in [-0.39, 0.29) is 23.8 Å². The monoisotopic (exact) mass is 392 g/mol. The van der Waals surface area contributed by atoms with Gasteiger partial charge in [-0.15, -0.1) is 0 Å². The molecule has 0 saturated heterocycles. The largest absolute Gasteiger partial charge is 0.490 e. The Balaban J connectivity index is 1.90. The van der Waals surface area contributed by atoms with Crippen molar-refractivity contribution in [2.24, 2.45) is 10.9 Å². The number of ether oxygens (including phenoxy) is 1. The van der Waals surface area contributed by atoms with Crippen LogP contribution in [0.25, 0.3) is 0 Å². The summed E-state index contributed by atoms with van der Waals surface area (Å²) in [5.41, 5.74) is 0.805. The number of guanidine groups is 1. The van der Waals surface area contributed by atoms with Crippen molar-refractivity contribution in [1.82, 2.24) is 16.0 Å². The fraction of sp³-hybridized carbons (Fsp3) is 0.619. The Morgan fingerprint density at radius 2 is 2.04 bits per heavy atom.